The second kappa shape index (κ2) is 4.06. The maximum Gasteiger partial charge on any atom is 0.109 e. The molecule has 1 saturated carbocycles. The Balaban J connectivity index is 1.67. The monoisotopic (exact) mass is 276 g/mol. The molecule has 2 nitrogen and oxygen atoms in total. The van der Waals surface area contributed by atoms with Gasteiger partial charge in [-0.2, -0.15) is 0 Å². The Labute approximate surface area is 103 Å². The van der Waals surface area contributed by atoms with Crippen molar-refractivity contribution >= 4 is 15.9 Å². The lowest BCUT2D eigenvalue weighted by Gasteiger charge is -2.34. The van der Waals surface area contributed by atoms with Crippen LogP contribution >= 0.6 is 15.9 Å². The molecule has 0 saturated heterocycles. The fourth-order valence-corrected chi connectivity index (χ4v) is 2.61. The molecule has 0 amide bonds. The SMILES string of the molecule is Brc1ccc(C2CC(c3ncc[nH]3)C2)cc1. The van der Waals surface area contributed by atoms with Crippen molar-refractivity contribution in [2.45, 2.75) is 24.7 Å². The summed E-state index contributed by atoms with van der Waals surface area (Å²) in [6, 6.07) is 8.67. The normalized spacial score (nSPS) is 24.1. The van der Waals surface area contributed by atoms with Gasteiger partial charge in [-0.15, -0.1) is 0 Å². The van der Waals surface area contributed by atoms with Gasteiger partial charge in [-0.05, 0) is 36.5 Å². The van der Waals surface area contributed by atoms with Crippen molar-refractivity contribution in [2.75, 3.05) is 0 Å². The summed E-state index contributed by atoms with van der Waals surface area (Å²) in [7, 11) is 0. The van der Waals surface area contributed by atoms with Gasteiger partial charge in [0.25, 0.3) is 0 Å². The molecule has 1 aliphatic carbocycles. The first-order chi connectivity index (χ1) is 7.83. The van der Waals surface area contributed by atoms with E-state index >= 15 is 0 Å². The van der Waals surface area contributed by atoms with Gasteiger partial charge in [0.2, 0.25) is 0 Å². The standard InChI is InChI=1S/C13H13BrN2/c14-12-3-1-9(2-4-12)10-7-11(8-10)13-15-5-6-16-13/h1-6,10-11H,7-8H2,(H,15,16). The zero-order valence-electron chi connectivity index (χ0n) is 8.86. The summed E-state index contributed by atoms with van der Waals surface area (Å²) in [5, 5.41) is 0. The van der Waals surface area contributed by atoms with E-state index < -0.39 is 0 Å². The van der Waals surface area contributed by atoms with Crippen molar-refractivity contribution in [3.05, 3.63) is 52.5 Å². The topological polar surface area (TPSA) is 28.7 Å². The van der Waals surface area contributed by atoms with Crippen molar-refractivity contribution in [3.8, 4) is 0 Å². The van der Waals surface area contributed by atoms with Crippen LogP contribution in [0.2, 0.25) is 0 Å². The van der Waals surface area contributed by atoms with E-state index in [-0.39, 0.29) is 0 Å². The van der Waals surface area contributed by atoms with Crippen molar-refractivity contribution in [2.24, 2.45) is 0 Å². The third-order valence-corrected chi connectivity index (χ3v) is 3.91. The van der Waals surface area contributed by atoms with Crippen LogP contribution in [0.25, 0.3) is 0 Å². The Kier molecular flexibility index (Phi) is 2.56. The minimum atomic E-state index is 0.628. The molecule has 0 radical (unpaired) electrons. The van der Waals surface area contributed by atoms with Crippen molar-refractivity contribution in [3.63, 3.8) is 0 Å². The van der Waals surface area contributed by atoms with E-state index in [4.69, 9.17) is 0 Å². The molecule has 16 heavy (non-hydrogen) atoms. The number of aromatic nitrogens is 2. The molecule has 1 aromatic heterocycles. The highest BCUT2D eigenvalue weighted by Gasteiger charge is 2.32. The molecule has 1 aliphatic rings. The molecule has 1 heterocycles. The number of hydrogen-bond acceptors (Lipinski definition) is 1. The molecular weight excluding hydrogens is 264 g/mol. The number of benzene rings is 1. The van der Waals surface area contributed by atoms with Gasteiger partial charge in [-0.3, -0.25) is 0 Å². The average Bonchev–Trinajstić information content (AvgIpc) is 2.72. The van der Waals surface area contributed by atoms with E-state index in [1.165, 1.54) is 18.4 Å². The minimum Gasteiger partial charge on any atom is -0.348 e. The fraction of sp³-hybridized carbons (Fsp3) is 0.308. The predicted molar refractivity (Wildman–Crippen MR) is 67.4 cm³/mol. The molecule has 1 fully saturated rings. The predicted octanol–water partition coefficient (Wildman–Crippen LogP) is 3.83. The maximum absolute atomic E-state index is 4.32. The number of halogens is 1. The van der Waals surface area contributed by atoms with Gasteiger partial charge in [0, 0.05) is 22.8 Å². The van der Waals surface area contributed by atoms with Gasteiger partial charge in [0.15, 0.2) is 0 Å². The lowest BCUT2D eigenvalue weighted by molar-refractivity contribution is 0.339. The number of hydrogen-bond donors (Lipinski definition) is 1. The van der Waals surface area contributed by atoms with Crippen molar-refractivity contribution in [1.82, 2.24) is 9.97 Å². The second-order valence-corrected chi connectivity index (χ2v) is 5.31. The molecule has 1 N–H and O–H groups in total. The summed E-state index contributed by atoms with van der Waals surface area (Å²) < 4.78 is 1.15. The van der Waals surface area contributed by atoms with Crippen molar-refractivity contribution in [1.29, 1.82) is 0 Å². The Morgan fingerprint density at radius 2 is 1.88 bits per heavy atom. The van der Waals surface area contributed by atoms with E-state index in [0.29, 0.717) is 11.8 Å². The lowest BCUT2D eigenvalue weighted by atomic mass is 9.71. The highest BCUT2D eigenvalue weighted by atomic mass is 79.9. The second-order valence-electron chi connectivity index (χ2n) is 4.39. The van der Waals surface area contributed by atoms with Crippen LogP contribution in [-0.2, 0) is 0 Å². The zero-order chi connectivity index (χ0) is 11.0. The number of nitrogens with one attached hydrogen (secondary N) is 1. The number of imidazole rings is 1. The van der Waals surface area contributed by atoms with Gasteiger partial charge < -0.3 is 4.98 Å². The maximum atomic E-state index is 4.32. The summed E-state index contributed by atoms with van der Waals surface area (Å²) in [4.78, 5) is 7.52. The average molecular weight is 277 g/mol. The van der Waals surface area contributed by atoms with Gasteiger partial charge in [-0.25, -0.2) is 4.98 Å². The van der Waals surface area contributed by atoms with Gasteiger partial charge in [0.05, 0.1) is 0 Å². The first kappa shape index (κ1) is 10.1. The summed E-state index contributed by atoms with van der Waals surface area (Å²) in [6.45, 7) is 0. The van der Waals surface area contributed by atoms with Crippen LogP contribution in [0.4, 0.5) is 0 Å². The largest absolute Gasteiger partial charge is 0.348 e. The molecule has 0 atom stereocenters. The molecule has 2 aromatic rings. The van der Waals surface area contributed by atoms with Crippen LogP contribution in [0.1, 0.15) is 36.1 Å². The highest BCUT2D eigenvalue weighted by Crippen LogP contribution is 2.46. The minimum absolute atomic E-state index is 0.628. The van der Waals surface area contributed by atoms with Crippen LogP contribution in [0, 0.1) is 0 Å². The van der Waals surface area contributed by atoms with E-state index in [0.717, 1.165) is 10.3 Å². The highest BCUT2D eigenvalue weighted by molar-refractivity contribution is 9.10. The van der Waals surface area contributed by atoms with Crippen LogP contribution in [0.5, 0.6) is 0 Å². The quantitative estimate of drug-likeness (QED) is 0.887. The molecule has 1 aromatic carbocycles. The smallest absolute Gasteiger partial charge is 0.109 e. The van der Waals surface area contributed by atoms with Crippen molar-refractivity contribution < 1.29 is 0 Å². The number of H-pyrrole nitrogens is 1. The van der Waals surface area contributed by atoms with Gasteiger partial charge in [0.1, 0.15) is 5.82 Å². The molecular formula is C13H13BrN2. The third-order valence-electron chi connectivity index (χ3n) is 3.39. The lowest BCUT2D eigenvalue weighted by Crippen LogP contribution is -2.20. The Bertz CT molecular complexity index is 455. The molecule has 3 rings (SSSR count). The Morgan fingerprint density at radius 1 is 1.12 bits per heavy atom. The number of aromatic amines is 1. The van der Waals surface area contributed by atoms with E-state index in [1.54, 1.807) is 0 Å². The molecule has 0 aliphatic heterocycles. The van der Waals surface area contributed by atoms with Crippen LogP contribution in [0.15, 0.2) is 41.1 Å². The molecule has 0 unspecified atom stereocenters. The number of rotatable bonds is 2. The fourth-order valence-electron chi connectivity index (χ4n) is 2.35. The van der Waals surface area contributed by atoms with Crippen LogP contribution in [0.3, 0.4) is 0 Å². The summed E-state index contributed by atoms with van der Waals surface area (Å²) in [5.41, 5.74) is 1.45. The summed E-state index contributed by atoms with van der Waals surface area (Å²) in [5.74, 6) is 2.49. The van der Waals surface area contributed by atoms with E-state index in [2.05, 4.69) is 50.2 Å². The first-order valence-electron chi connectivity index (χ1n) is 5.57. The summed E-state index contributed by atoms with van der Waals surface area (Å²) in [6.07, 6.45) is 6.18. The molecule has 0 bridgehead atoms. The van der Waals surface area contributed by atoms with E-state index in [1.807, 2.05) is 12.4 Å². The van der Waals surface area contributed by atoms with Gasteiger partial charge in [-0.1, -0.05) is 28.1 Å². The van der Waals surface area contributed by atoms with E-state index in [9.17, 15) is 0 Å². The Hall–Kier alpha value is -1.09. The molecule has 3 heteroatoms. The first-order valence-corrected chi connectivity index (χ1v) is 6.37. The van der Waals surface area contributed by atoms with Gasteiger partial charge >= 0.3 is 0 Å². The molecule has 82 valence electrons. The Morgan fingerprint density at radius 3 is 2.50 bits per heavy atom. The third kappa shape index (κ3) is 1.80. The zero-order valence-corrected chi connectivity index (χ0v) is 10.4. The van der Waals surface area contributed by atoms with Crippen LogP contribution < -0.4 is 0 Å². The van der Waals surface area contributed by atoms with Crippen LogP contribution in [-0.4, -0.2) is 9.97 Å². The number of nitrogens with zero attached hydrogens (tertiary/aromatic N) is 1. The molecule has 0 spiro atoms. The summed E-state index contributed by atoms with van der Waals surface area (Å²) >= 11 is 3.46.